The van der Waals surface area contributed by atoms with Crippen molar-refractivity contribution < 1.29 is 35.8 Å². The van der Waals surface area contributed by atoms with E-state index in [0.717, 1.165) is 28.4 Å². The van der Waals surface area contributed by atoms with Crippen molar-refractivity contribution in [3.63, 3.8) is 0 Å². The van der Waals surface area contributed by atoms with Gasteiger partial charge in [0.2, 0.25) is 0 Å². The van der Waals surface area contributed by atoms with Crippen LogP contribution >= 0.6 is 22.6 Å². The van der Waals surface area contributed by atoms with Gasteiger partial charge in [-0.05, 0) is 51.8 Å². The summed E-state index contributed by atoms with van der Waals surface area (Å²) in [5.41, 5.74) is -3.79. The fourth-order valence-corrected chi connectivity index (χ4v) is 3.79. The molecule has 0 amide bonds. The van der Waals surface area contributed by atoms with Gasteiger partial charge in [-0.2, -0.15) is 26.3 Å². The van der Waals surface area contributed by atoms with Gasteiger partial charge in [-0.25, -0.2) is 0 Å². The molecular weight excluding hydrogens is 513 g/mol. The Morgan fingerprint density at radius 1 is 0.897 bits per heavy atom. The molecule has 2 aromatic carbocycles. The number of benzene rings is 2. The maximum Gasteiger partial charge on any atom is 0.430 e. The highest BCUT2D eigenvalue weighted by molar-refractivity contribution is 14.1. The van der Waals surface area contributed by atoms with Crippen molar-refractivity contribution in [2.24, 2.45) is 0 Å². The van der Waals surface area contributed by atoms with Crippen LogP contribution < -0.4 is 0 Å². The largest absolute Gasteiger partial charge is 0.430 e. The summed E-state index contributed by atoms with van der Waals surface area (Å²) in [5, 5.41) is 0. The minimum absolute atomic E-state index is 0.310. The molecule has 0 fully saturated rings. The van der Waals surface area contributed by atoms with Crippen LogP contribution in [-0.2, 0) is 21.5 Å². The Balaban J connectivity index is 2.76. The van der Waals surface area contributed by atoms with Gasteiger partial charge in [-0.15, -0.1) is 0 Å². The molecule has 2 nitrogen and oxygen atoms in total. The lowest BCUT2D eigenvalue weighted by atomic mass is 9.86. The molecule has 0 spiro atoms. The van der Waals surface area contributed by atoms with E-state index in [2.05, 4.69) is 32.1 Å². The van der Waals surface area contributed by atoms with E-state index in [4.69, 9.17) is 0 Å². The van der Waals surface area contributed by atoms with E-state index in [-0.39, 0.29) is 0 Å². The van der Waals surface area contributed by atoms with Crippen LogP contribution in [0.25, 0.3) is 11.1 Å². The summed E-state index contributed by atoms with van der Waals surface area (Å²) in [4.78, 5) is 0. The summed E-state index contributed by atoms with van der Waals surface area (Å²) < 4.78 is 92.2. The van der Waals surface area contributed by atoms with E-state index in [9.17, 15) is 26.3 Å². The van der Waals surface area contributed by atoms with Gasteiger partial charge in [0.25, 0.3) is 5.60 Å². The fraction of sp³-hybridized carbons (Fsp3) is 0.400. The van der Waals surface area contributed by atoms with Crippen LogP contribution in [-0.4, -0.2) is 26.3 Å². The number of methoxy groups -OCH3 is 1. The Labute approximate surface area is 178 Å². The molecule has 0 N–H and O–H groups in total. The maximum absolute atomic E-state index is 13.8. The molecular formula is C20H19F6IO2. The molecule has 0 bridgehead atoms. The van der Waals surface area contributed by atoms with Gasteiger partial charge >= 0.3 is 12.4 Å². The lowest BCUT2D eigenvalue weighted by Gasteiger charge is -2.37. The average Bonchev–Trinajstić information content (AvgIpc) is 2.61. The standard InChI is InChI=1S/C20H19F6IO2/c1-3-6-13-11-14(9-10-15(13)16-7-4-5-8-17(16)27)18(19(21,22)23,20(24,25)26)29-12-28-2/h4-5,7-11H,3,6,12H2,1-2H3. The molecule has 29 heavy (non-hydrogen) atoms. The molecule has 0 aromatic heterocycles. The molecule has 0 aliphatic carbocycles. The minimum atomic E-state index is -5.74. The van der Waals surface area contributed by atoms with Crippen LogP contribution in [0.5, 0.6) is 0 Å². The van der Waals surface area contributed by atoms with Crippen LogP contribution in [0.1, 0.15) is 24.5 Å². The second-order valence-corrected chi connectivity index (χ2v) is 7.49. The van der Waals surface area contributed by atoms with Crippen LogP contribution in [0.15, 0.2) is 42.5 Å². The second-order valence-electron chi connectivity index (χ2n) is 6.33. The molecule has 160 valence electrons. The number of hydrogen-bond donors (Lipinski definition) is 0. The molecule has 0 saturated carbocycles. The smallest absolute Gasteiger partial charge is 0.359 e. The Kier molecular flexibility index (Phi) is 7.61. The van der Waals surface area contributed by atoms with Crippen molar-refractivity contribution in [1.29, 1.82) is 0 Å². The quantitative estimate of drug-likeness (QED) is 0.221. The molecule has 2 aromatic rings. The molecule has 0 saturated heterocycles. The third-order valence-corrected chi connectivity index (χ3v) is 5.33. The van der Waals surface area contributed by atoms with Crippen LogP contribution in [0.4, 0.5) is 26.3 Å². The van der Waals surface area contributed by atoms with Crippen LogP contribution in [0, 0.1) is 3.57 Å². The Morgan fingerprint density at radius 3 is 2.03 bits per heavy atom. The lowest BCUT2D eigenvalue weighted by molar-refractivity contribution is -0.400. The van der Waals surface area contributed by atoms with Gasteiger partial charge in [0.05, 0.1) is 0 Å². The van der Waals surface area contributed by atoms with Gasteiger partial charge in [0.1, 0.15) is 6.79 Å². The van der Waals surface area contributed by atoms with E-state index >= 15 is 0 Å². The first kappa shape index (κ1) is 23.9. The highest BCUT2D eigenvalue weighted by Gasteiger charge is 2.73. The van der Waals surface area contributed by atoms with E-state index in [1.54, 1.807) is 25.1 Å². The predicted octanol–water partition coefficient (Wildman–Crippen LogP) is 6.85. The van der Waals surface area contributed by atoms with Crippen molar-refractivity contribution in [1.82, 2.24) is 0 Å². The number of halogens is 7. The van der Waals surface area contributed by atoms with Gasteiger partial charge in [0.15, 0.2) is 0 Å². The minimum Gasteiger partial charge on any atom is -0.359 e. The lowest BCUT2D eigenvalue weighted by Crippen LogP contribution is -2.56. The van der Waals surface area contributed by atoms with Crippen molar-refractivity contribution in [2.75, 3.05) is 13.9 Å². The monoisotopic (exact) mass is 532 g/mol. The third kappa shape index (κ3) is 4.72. The summed E-state index contributed by atoms with van der Waals surface area (Å²) >= 11 is 2.08. The average molecular weight is 532 g/mol. The summed E-state index contributed by atoms with van der Waals surface area (Å²) in [5.74, 6) is 0. The van der Waals surface area contributed by atoms with E-state index in [1.165, 1.54) is 6.07 Å². The number of rotatable bonds is 7. The number of ether oxygens (including phenoxy) is 2. The molecule has 0 aliphatic heterocycles. The van der Waals surface area contributed by atoms with Crippen molar-refractivity contribution in [3.05, 3.63) is 57.2 Å². The first-order chi connectivity index (χ1) is 13.5. The van der Waals surface area contributed by atoms with Gasteiger partial charge in [0, 0.05) is 16.2 Å². The summed E-state index contributed by atoms with van der Waals surface area (Å²) in [6.45, 7) is 0.634. The zero-order valence-electron chi connectivity index (χ0n) is 15.6. The van der Waals surface area contributed by atoms with Gasteiger partial charge < -0.3 is 9.47 Å². The normalized spacial score (nSPS) is 13.0. The molecule has 9 heteroatoms. The molecule has 0 unspecified atom stereocenters. The van der Waals surface area contributed by atoms with Gasteiger partial charge in [-0.3, -0.25) is 0 Å². The van der Waals surface area contributed by atoms with Crippen LogP contribution in [0.3, 0.4) is 0 Å². The highest BCUT2D eigenvalue weighted by Crippen LogP contribution is 2.53. The molecule has 0 heterocycles. The number of alkyl halides is 6. The Hall–Kier alpha value is -1.33. The van der Waals surface area contributed by atoms with E-state index in [1.807, 2.05) is 6.07 Å². The predicted molar refractivity (Wildman–Crippen MR) is 105 cm³/mol. The summed E-state index contributed by atoms with van der Waals surface area (Å²) in [6, 6.07) is 10.2. The number of aryl methyl sites for hydroxylation is 1. The Morgan fingerprint density at radius 2 is 1.52 bits per heavy atom. The molecule has 0 atom stereocenters. The second kappa shape index (κ2) is 9.22. The van der Waals surface area contributed by atoms with Crippen molar-refractivity contribution in [3.8, 4) is 11.1 Å². The van der Waals surface area contributed by atoms with E-state index < -0.39 is 30.3 Å². The number of hydrogen-bond acceptors (Lipinski definition) is 2. The van der Waals surface area contributed by atoms with Crippen LogP contribution in [0.2, 0.25) is 0 Å². The first-order valence-electron chi connectivity index (χ1n) is 8.64. The zero-order valence-corrected chi connectivity index (χ0v) is 17.8. The maximum atomic E-state index is 13.8. The summed E-state index contributed by atoms with van der Waals surface area (Å²) in [7, 11) is 0.959. The van der Waals surface area contributed by atoms with Gasteiger partial charge in [-0.1, -0.05) is 49.7 Å². The topological polar surface area (TPSA) is 18.5 Å². The first-order valence-corrected chi connectivity index (χ1v) is 9.72. The third-order valence-electron chi connectivity index (χ3n) is 4.39. The molecule has 0 aliphatic rings. The SMILES string of the molecule is CCCc1cc(C(OCOC)(C(F)(F)F)C(F)(F)F)ccc1-c1ccccc1I. The van der Waals surface area contributed by atoms with Crippen molar-refractivity contribution >= 4 is 22.6 Å². The Bertz CT molecular complexity index is 818. The molecule has 2 rings (SSSR count). The zero-order chi connectivity index (χ0) is 21.9. The van der Waals surface area contributed by atoms with Crippen molar-refractivity contribution in [2.45, 2.75) is 37.7 Å². The summed E-state index contributed by atoms with van der Waals surface area (Å²) in [6.07, 6.45) is -10.6. The highest BCUT2D eigenvalue weighted by atomic mass is 127. The fourth-order valence-electron chi connectivity index (χ4n) is 3.11. The molecule has 0 radical (unpaired) electrons. The van der Waals surface area contributed by atoms with E-state index in [0.29, 0.717) is 24.0 Å².